The summed E-state index contributed by atoms with van der Waals surface area (Å²) in [5, 5.41) is 6.07. The Labute approximate surface area is 88.3 Å². The van der Waals surface area contributed by atoms with E-state index in [1.165, 1.54) is 12.4 Å². The van der Waals surface area contributed by atoms with Gasteiger partial charge in [0.05, 0.1) is 6.20 Å². The maximum Gasteiger partial charge on any atom is 0.243 e. The van der Waals surface area contributed by atoms with E-state index in [9.17, 15) is 8.42 Å². The van der Waals surface area contributed by atoms with Gasteiger partial charge >= 0.3 is 0 Å². The van der Waals surface area contributed by atoms with Crippen LogP contribution in [0.15, 0.2) is 17.3 Å². The first-order valence-corrected chi connectivity index (χ1v) is 6.30. The van der Waals surface area contributed by atoms with E-state index < -0.39 is 10.0 Å². The van der Waals surface area contributed by atoms with Crippen LogP contribution in [0.1, 0.15) is 12.8 Å². The van der Waals surface area contributed by atoms with Crippen LogP contribution < -0.4 is 10.5 Å². The summed E-state index contributed by atoms with van der Waals surface area (Å²) in [7, 11) is -3.39. The molecule has 2 rings (SSSR count). The third kappa shape index (κ3) is 2.36. The van der Waals surface area contributed by atoms with Gasteiger partial charge in [-0.2, -0.15) is 5.10 Å². The van der Waals surface area contributed by atoms with Crippen molar-refractivity contribution in [3.05, 3.63) is 12.4 Å². The molecule has 7 heteroatoms. The molecule has 1 aromatic rings. The van der Waals surface area contributed by atoms with Crippen molar-refractivity contribution in [1.82, 2.24) is 14.9 Å². The summed E-state index contributed by atoms with van der Waals surface area (Å²) in [6.45, 7) is 0.460. The molecule has 0 aromatic carbocycles. The highest BCUT2D eigenvalue weighted by Crippen LogP contribution is 2.24. The highest BCUT2D eigenvalue weighted by molar-refractivity contribution is 7.89. The van der Waals surface area contributed by atoms with Crippen molar-refractivity contribution in [3.8, 4) is 0 Å². The SMILES string of the molecule is NC1CC(CNS(=O)(=O)c2cn[nH]c2)C1. The van der Waals surface area contributed by atoms with Crippen molar-refractivity contribution >= 4 is 10.0 Å². The Morgan fingerprint density at radius 2 is 2.33 bits per heavy atom. The van der Waals surface area contributed by atoms with Crippen LogP contribution >= 0.6 is 0 Å². The van der Waals surface area contributed by atoms with Crippen LogP contribution in [0.5, 0.6) is 0 Å². The average molecular weight is 230 g/mol. The van der Waals surface area contributed by atoms with Crippen LogP contribution in [0, 0.1) is 5.92 Å². The Balaban J connectivity index is 1.89. The number of sulfonamides is 1. The Kier molecular flexibility index (Phi) is 2.76. The van der Waals surface area contributed by atoms with Gasteiger partial charge in [-0.1, -0.05) is 0 Å². The van der Waals surface area contributed by atoms with E-state index in [1.807, 2.05) is 0 Å². The van der Waals surface area contributed by atoms with Gasteiger partial charge < -0.3 is 5.73 Å². The van der Waals surface area contributed by atoms with Crippen LogP contribution in [-0.4, -0.2) is 31.2 Å². The zero-order chi connectivity index (χ0) is 10.9. The van der Waals surface area contributed by atoms with Crippen molar-refractivity contribution < 1.29 is 8.42 Å². The van der Waals surface area contributed by atoms with Gasteiger partial charge in [0, 0.05) is 18.8 Å². The van der Waals surface area contributed by atoms with Gasteiger partial charge in [0.25, 0.3) is 0 Å². The number of nitrogens with two attached hydrogens (primary N) is 1. The maximum absolute atomic E-state index is 11.6. The van der Waals surface area contributed by atoms with E-state index in [-0.39, 0.29) is 10.9 Å². The third-order valence-electron chi connectivity index (χ3n) is 2.62. The van der Waals surface area contributed by atoms with E-state index in [1.54, 1.807) is 0 Å². The van der Waals surface area contributed by atoms with Gasteiger partial charge in [-0.25, -0.2) is 13.1 Å². The normalized spacial score (nSPS) is 26.2. The van der Waals surface area contributed by atoms with Gasteiger partial charge in [0.1, 0.15) is 4.90 Å². The average Bonchev–Trinajstić information content (AvgIpc) is 2.63. The second kappa shape index (κ2) is 3.92. The van der Waals surface area contributed by atoms with Crippen LogP contribution in [0.3, 0.4) is 0 Å². The van der Waals surface area contributed by atoms with Crippen LogP contribution in [0.2, 0.25) is 0 Å². The molecule has 1 fully saturated rings. The number of nitrogens with zero attached hydrogens (tertiary/aromatic N) is 1. The molecule has 1 saturated carbocycles. The van der Waals surface area contributed by atoms with Gasteiger partial charge in [-0.3, -0.25) is 5.10 Å². The molecule has 0 atom stereocenters. The minimum atomic E-state index is -3.39. The molecular weight excluding hydrogens is 216 g/mol. The van der Waals surface area contributed by atoms with E-state index in [0.717, 1.165) is 12.8 Å². The lowest BCUT2D eigenvalue weighted by atomic mass is 9.81. The monoisotopic (exact) mass is 230 g/mol. The smallest absolute Gasteiger partial charge is 0.243 e. The number of aromatic nitrogens is 2. The molecule has 1 aliphatic carbocycles. The molecule has 0 radical (unpaired) electrons. The fourth-order valence-electron chi connectivity index (χ4n) is 1.65. The fourth-order valence-corrected chi connectivity index (χ4v) is 2.67. The minimum Gasteiger partial charge on any atom is -0.328 e. The predicted molar refractivity (Wildman–Crippen MR) is 54.5 cm³/mol. The maximum atomic E-state index is 11.6. The lowest BCUT2D eigenvalue weighted by Gasteiger charge is -2.32. The third-order valence-corrected chi connectivity index (χ3v) is 4.01. The van der Waals surface area contributed by atoms with Gasteiger partial charge in [-0.05, 0) is 18.8 Å². The van der Waals surface area contributed by atoms with Crippen LogP contribution in [0.25, 0.3) is 0 Å². The number of nitrogens with one attached hydrogen (secondary N) is 2. The van der Waals surface area contributed by atoms with Crippen molar-refractivity contribution in [2.24, 2.45) is 11.7 Å². The molecule has 4 N–H and O–H groups in total. The molecule has 6 nitrogen and oxygen atoms in total. The molecule has 1 heterocycles. The Morgan fingerprint density at radius 3 is 2.87 bits per heavy atom. The number of hydrogen-bond acceptors (Lipinski definition) is 4. The Morgan fingerprint density at radius 1 is 1.60 bits per heavy atom. The topological polar surface area (TPSA) is 101 Å². The number of H-pyrrole nitrogens is 1. The van der Waals surface area contributed by atoms with E-state index in [4.69, 9.17) is 5.73 Å². The van der Waals surface area contributed by atoms with Crippen molar-refractivity contribution in [3.63, 3.8) is 0 Å². The summed E-state index contributed by atoms with van der Waals surface area (Å²) in [5.74, 6) is 0.377. The van der Waals surface area contributed by atoms with E-state index >= 15 is 0 Å². The molecule has 84 valence electrons. The number of hydrogen-bond donors (Lipinski definition) is 3. The molecule has 1 aliphatic rings. The fraction of sp³-hybridized carbons (Fsp3) is 0.625. The van der Waals surface area contributed by atoms with Gasteiger partial charge in [-0.15, -0.1) is 0 Å². The summed E-state index contributed by atoms with van der Waals surface area (Å²) in [6, 6.07) is 0.244. The zero-order valence-corrected chi connectivity index (χ0v) is 9.00. The Hall–Kier alpha value is -0.920. The van der Waals surface area contributed by atoms with Crippen LogP contribution in [0.4, 0.5) is 0 Å². The quantitative estimate of drug-likeness (QED) is 0.644. The lowest BCUT2D eigenvalue weighted by molar-refractivity contribution is 0.267. The second-order valence-corrected chi connectivity index (χ2v) is 5.65. The summed E-state index contributed by atoms with van der Waals surface area (Å²) < 4.78 is 25.8. The van der Waals surface area contributed by atoms with Crippen molar-refractivity contribution in [2.45, 2.75) is 23.8 Å². The second-order valence-electron chi connectivity index (χ2n) is 3.88. The summed E-state index contributed by atoms with van der Waals surface area (Å²) in [4.78, 5) is 0.172. The first-order valence-electron chi connectivity index (χ1n) is 4.82. The molecule has 0 amide bonds. The van der Waals surface area contributed by atoms with E-state index in [0.29, 0.717) is 12.5 Å². The standard InChI is InChI=1S/C8H14N4O2S/c9-7-1-6(2-7)3-12-15(13,14)8-4-10-11-5-8/h4-7,12H,1-3,9H2,(H,10,11). The number of aromatic amines is 1. The lowest BCUT2D eigenvalue weighted by Crippen LogP contribution is -2.42. The molecule has 0 aliphatic heterocycles. The summed E-state index contributed by atoms with van der Waals surface area (Å²) in [6.07, 6.45) is 4.44. The van der Waals surface area contributed by atoms with Crippen molar-refractivity contribution in [2.75, 3.05) is 6.54 Å². The zero-order valence-electron chi connectivity index (χ0n) is 8.18. The molecule has 0 spiro atoms. The first kappa shape index (κ1) is 10.6. The Bertz CT molecular complexity index is 408. The minimum absolute atomic E-state index is 0.172. The summed E-state index contributed by atoms with van der Waals surface area (Å²) in [5.41, 5.74) is 5.61. The first-order chi connectivity index (χ1) is 7.08. The molecule has 0 bridgehead atoms. The molecule has 15 heavy (non-hydrogen) atoms. The highest BCUT2D eigenvalue weighted by atomic mass is 32.2. The molecule has 0 saturated heterocycles. The van der Waals surface area contributed by atoms with Crippen LogP contribution in [-0.2, 0) is 10.0 Å². The highest BCUT2D eigenvalue weighted by Gasteiger charge is 2.27. The summed E-state index contributed by atoms with van der Waals surface area (Å²) >= 11 is 0. The van der Waals surface area contributed by atoms with Crippen molar-refractivity contribution in [1.29, 1.82) is 0 Å². The molecule has 0 unspecified atom stereocenters. The number of rotatable bonds is 4. The largest absolute Gasteiger partial charge is 0.328 e. The van der Waals surface area contributed by atoms with E-state index in [2.05, 4.69) is 14.9 Å². The van der Waals surface area contributed by atoms with Gasteiger partial charge in [0.15, 0.2) is 0 Å². The molecular formula is C8H14N4O2S. The van der Waals surface area contributed by atoms with Gasteiger partial charge in [0.2, 0.25) is 10.0 Å². The molecule has 1 aromatic heterocycles. The predicted octanol–water partition coefficient (Wildman–Crippen LogP) is -0.575.